The number of hydrogen-bond acceptors (Lipinski definition) is 15. The zero-order valence-corrected chi connectivity index (χ0v) is 44.2. The highest BCUT2D eigenvalue weighted by atomic mass is 32.2. The Hall–Kier alpha value is -4.65. The summed E-state index contributed by atoms with van der Waals surface area (Å²) >= 11 is 3.10. The van der Waals surface area contributed by atoms with E-state index in [1.54, 1.807) is 17.5 Å². The first-order valence-corrected chi connectivity index (χ1v) is 28.3. The molecule has 2 aliphatic heterocycles. The second-order valence-corrected chi connectivity index (χ2v) is 23.0. The van der Waals surface area contributed by atoms with Crippen molar-refractivity contribution in [1.29, 1.82) is 10.5 Å². The first-order valence-electron chi connectivity index (χ1n) is 24.8. The Bertz CT molecular complexity index is 2990. The second-order valence-electron chi connectivity index (χ2n) is 18.9. The van der Waals surface area contributed by atoms with Gasteiger partial charge >= 0.3 is 0 Å². The highest BCUT2D eigenvalue weighted by Crippen LogP contribution is 2.45. The van der Waals surface area contributed by atoms with Gasteiger partial charge in [-0.3, -0.25) is 0 Å². The van der Waals surface area contributed by atoms with Crippen molar-refractivity contribution >= 4 is 175 Å². The maximum atomic E-state index is 11.7. The summed E-state index contributed by atoms with van der Waals surface area (Å²) in [4.78, 5) is 24.4. The Morgan fingerprint density at radius 3 is 1.43 bits per heavy atom. The van der Waals surface area contributed by atoms with Crippen molar-refractivity contribution in [1.82, 2.24) is 29.6 Å². The van der Waals surface area contributed by atoms with E-state index < -0.39 is 29.2 Å². The van der Waals surface area contributed by atoms with Crippen LogP contribution in [0.15, 0.2) is 61.2 Å². The maximum absolute atomic E-state index is 11.7. The largest absolute Gasteiger partial charge is 0.368 e. The second kappa shape index (κ2) is 26.4. The molecule has 0 spiro atoms. The van der Waals surface area contributed by atoms with Crippen LogP contribution in [0.1, 0.15) is 84.1 Å². The quantitative estimate of drug-likeness (QED) is 0.142. The van der Waals surface area contributed by atoms with Gasteiger partial charge in [-0.05, 0) is 85.0 Å². The highest BCUT2D eigenvalue weighted by Gasteiger charge is 2.29. The van der Waals surface area contributed by atoms with E-state index in [2.05, 4.69) is 70.0 Å². The minimum atomic E-state index is -3.14. The van der Waals surface area contributed by atoms with Gasteiger partial charge < -0.3 is 25.8 Å². The molecule has 0 unspecified atom stereocenters. The number of sulfonamides is 1. The Morgan fingerprint density at radius 1 is 0.662 bits per heavy atom. The lowest BCUT2D eigenvalue weighted by Gasteiger charge is -2.34. The summed E-state index contributed by atoms with van der Waals surface area (Å²) in [5.74, 6) is 3.94. The van der Waals surface area contributed by atoms with Gasteiger partial charge in [0, 0.05) is 163 Å². The van der Waals surface area contributed by atoms with Gasteiger partial charge in [-0.25, -0.2) is 28.4 Å². The van der Waals surface area contributed by atoms with E-state index >= 15 is 0 Å². The third-order valence-corrected chi connectivity index (χ3v) is 17.5. The summed E-state index contributed by atoms with van der Waals surface area (Å²) in [5, 5.41) is 31.6. The summed E-state index contributed by atoms with van der Waals surface area (Å²) in [6, 6.07) is 17.0. The van der Waals surface area contributed by atoms with Gasteiger partial charge in [-0.1, -0.05) is 25.7 Å². The lowest BCUT2D eigenvalue weighted by molar-refractivity contribution is 0.388. The Morgan fingerprint density at radius 2 is 1.08 bits per heavy atom. The molecule has 6 aromatic heterocycles. The molecule has 0 bridgehead atoms. The smallest absolute Gasteiger partial charge is 0.211 e. The van der Waals surface area contributed by atoms with Crippen molar-refractivity contribution in [2.75, 3.05) is 79.0 Å². The normalized spacial score (nSPS) is 16.1. The van der Waals surface area contributed by atoms with Crippen molar-refractivity contribution < 1.29 is 8.42 Å². The van der Waals surface area contributed by atoms with Gasteiger partial charge in [-0.15, -0.1) is 22.7 Å². The fourth-order valence-corrected chi connectivity index (χ4v) is 13.1. The SMILES string of the molecule is CS(=O)(=O)N1CCN(c2ccc(Nc3cc4c(C5CCCC5)c(C#N)sc4cn3)nc2)CC1.N#Cc1sc2cnc(Nc3ccc(N4CCNCC4)cn3)cc2c1C1CCCC1.[B].[B][B]B([B])B(B([B])[B])B([B])[B]. The van der Waals surface area contributed by atoms with Crippen LogP contribution in [0.4, 0.5) is 34.6 Å². The predicted octanol–water partition coefficient (Wildman–Crippen LogP) is 3.85. The van der Waals surface area contributed by atoms with Gasteiger partial charge in [0.1, 0.15) is 45.2 Å². The molecule has 0 amide bonds. The molecule has 8 heterocycles. The van der Waals surface area contributed by atoms with E-state index in [1.165, 1.54) is 84.0 Å². The van der Waals surface area contributed by atoms with E-state index in [4.69, 9.17) is 46.4 Å². The molecule has 2 saturated heterocycles. The number of hydrogen-bond donors (Lipinski definition) is 3. The summed E-state index contributed by atoms with van der Waals surface area (Å²) in [7, 11) is 30.3. The van der Waals surface area contributed by atoms with Crippen LogP contribution < -0.4 is 25.8 Å². The van der Waals surface area contributed by atoms with Crippen LogP contribution in [0.3, 0.4) is 0 Å². The molecule has 10 rings (SSSR count). The number of fused-ring (bicyclic) bond motifs is 2. The van der Waals surface area contributed by atoms with Gasteiger partial charge in [0.2, 0.25) is 10.0 Å². The van der Waals surface area contributed by atoms with Crippen LogP contribution in [0.5, 0.6) is 0 Å². The average Bonchev–Trinajstić information content (AvgIpc) is 4.24. The zero-order chi connectivity index (χ0) is 51.6. The molecule has 4 fully saturated rings. The molecular formula is C45H50B12N12O2S3. The number of thiophene rings is 2. The first-order chi connectivity index (χ1) is 35.2. The van der Waals surface area contributed by atoms with E-state index in [1.807, 2.05) is 42.9 Å². The highest BCUT2D eigenvalue weighted by molar-refractivity contribution is 8.02. The number of piperazine rings is 2. The predicted molar refractivity (Wildman–Crippen MR) is 319 cm³/mol. The summed E-state index contributed by atoms with van der Waals surface area (Å²) < 4.78 is 27.1. The topological polar surface area (TPSA) is 179 Å². The van der Waals surface area contributed by atoms with Crippen LogP contribution in [0.2, 0.25) is 0 Å². The van der Waals surface area contributed by atoms with Crippen LogP contribution in [-0.2, 0) is 10.0 Å². The summed E-state index contributed by atoms with van der Waals surface area (Å²) in [5.41, 5.74) is 4.55. The number of aromatic nitrogens is 4. The number of anilines is 6. The molecule has 0 atom stereocenters. The van der Waals surface area contributed by atoms with Crippen molar-refractivity contribution in [3.63, 3.8) is 0 Å². The number of nitrogens with zero attached hydrogens (tertiary/aromatic N) is 9. The van der Waals surface area contributed by atoms with Gasteiger partial charge in [-0.2, -0.15) is 14.8 Å². The monoisotopic (exact) mass is 1020 g/mol. The third kappa shape index (κ3) is 14.0. The van der Waals surface area contributed by atoms with Gasteiger partial charge in [0.05, 0.1) is 39.4 Å². The lowest BCUT2D eigenvalue weighted by atomic mass is 8.56. The van der Waals surface area contributed by atoms with Crippen LogP contribution in [0.25, 0.3) is 20.2 Å². The van der Waals surface area contributed by atoms with Crippen molar-refractivity contribution in [3.8, 4) is 12.1 Å². The molecule has 6 aromatic rings. The molecule has 16 radical (unpaired) electrons. The van der Waals surface area contributed by atoms with Crippen LogP contribution in [0, 0.1) is 22.7 Å². The minimum Gasteiger partial charge on any atom is -0.368 e. The lowest BCUT2D eigenvalue weighted by Crippen LogP contribution is -2.63. The molecular weight excluding hydrogens is 967 g/mol. The molecule has 14 nitrogen and oxygen atoms in total. The van der Waals surface area contributed by atoms with E-state index in [9.17, 15) is 18.9 Å². The fourth-order valence-electron chi connectivity index (χ4n) is 10.2. The average molecular weight is 1020 g/mol. The number of rotatable bonds is 13. The summed E-state index contributed by atoms with van der Waals surface area (Å²) in [6.07, 6.45) is 16.2. The molecule has 74 heavy (non-hydrogen) atoms. The third-order valence-electron chi connectivity index (χ3n) is 14.1. The zero-order valence-electron chi connectivity index (χ0n) is 41.7. The van der Waals surface area contributed by atoms with Crippen LogP contribution in [-0.4, -0.2) is 179 Å². The van der Waals surface area contributed by atoms with Crippen molar-refractivity contribution in [3.05, 3.63) is 82.1 Å². The Balaban J connectivity index is 0.000000179. The number of nitrogens with one attached hydrogen (secondary N) is 3. The van der Waals surface area contributed by atoms with E-state index in [0.29, 0.717) is 49.7 Å². The minimum absolute atomic E-state index is 0. The van der Waals surface area contributed by atoms with E-state index in [0.717, 1.165) is 86.6 Å². The molecule has 356 valence electrons. The van der Waals surface area contributed by atoms with Gasteiger partial charge in [0.15, 0.2) is 0 Å². The maximum Gasteiger partial charge on any atom is 0.211 e. The molecule has 0 aromatic carbocycles. The Kier molecular flexibility index (Phi) is 20.4. The Labute approximate surface area is 457 Å². The number of nitriles is 2. The standard InChI is InChI=1S/C23H26N6O2S2.C22H24N6S.B11.B/c1-33(30,31)29-10-8-28(9-11-29)17-6-7-21(25-14-17)27-22-12-18-20(15-26-22)32-19(13-24)23(18)16-4-2-3-5-16;23-12-18-22(15-3-1-2-4-15)17-11-21(26-14-19(17)29-18)27-20-6-5-16(13-25-20)28-9-7-24-8-10-28;1-7-10(6)11(8(2)3)9(4)5;/h6-7,12,14-16H,2-5,8-11H2,1H3,(H,25,26,27);5-6,11,13-15,24H,1-4,7-10H2,(H,25,26,27);;. The molecule has 29 heteroatoms. The molecule has 3 N–H and O–H groups in total. The van der Waals surface area contributed by atoms with Crippen LogP contribution >= 0.6 is 22.7 Å². The molecule has 4 aliphatic rings. The van der Waals surface area contributed by atoms with E-state index in [-0.39, 0.29) is 14.8 Å². The van der Waals surface area contributed by atoms with Gasteiger partial charge in [0.25, 0.3) is 0 Å². The van der Waals surface area contributed by atoms with Crippen molar-refractivity contribution in [2.24, 2.45) is 0 Å². The number of pyridine rings is 4. The first kappa shape index (κ1) is 57.1. The van der Waals surface area contributed by atoms with Crippen molar-refractivity contribution in [2.45, 2.75) is 63.2 Å². The summed E-state index contributed by atoms with van der Waals surface area (Å²) in [6.45, 7) is 6.30. The fraction of sp³-hybridized carbons (Fsp3) is 0.422. The molecule has 2 saturated carbocycles. The molecule has 2 aliphatic carbocycles.